The molecule has 3 heteroatoms. The van der Waals surface area contributed by atoms with Crippen LogP contribution in [0, 0.1) is 5.92 Å². The van der Waals surface area contributed by atoms with E-state index in [0.29, 0.717) is 5.92 Å². The minimum atomic E-state index is -0.615. The van der Waals surface area contributed by atoms with E-state index in [0.717, 1.165) is 12.0 Å². The molecule has 3 nitrogen and oxygen atoms in total. The van der Waals surface area contributed by atoms with Crippen molar-refractivity contribution in [1.82, 2.24) is 0 Å². The Morgan fingerprint density at radius 3 is 2.11 bits per heavy atom. The first-order valence-corrected chi connectivity index (χ1v) is 6.38. The number of rotatable bonds is 5. The van der Waals surface area contributed by atoms with E-state index in [1.165, 1.54) is 5.56 Å². The zero-order chi connectivity index (χ0) is 13.5. The number of hydrogen-bond donors (Lipinski definition) is 0. The Labute approximate surface area is 109 Å². The molecule has 100 valence electrons. The van der Waals surface area contributed by atoms with Crippen molar-refractivity contribution in [2.45, 2.75) is 46.8 Å². The minimum Gasteiger partial charge on any atom is -0.432 e. The van der Waals surface area contributed by atoms with E-state index in [9.17, 15) is 4.79 Å². The van der Waals surface area contributed by atoms with Crippen LogP contribution in [0.3, 0.4) is 0 Å². The molecule has 0 aliphatic heterocycles. The van der Waals surface area contributed by atoms with Gasteiger partial charge in [-0.15, -0.1) is 0 Å². The van der Waals surface area contributed by atoms with Crippen LogP contribution >= 0.6 is 0 Å². The lowest BCUT2D eigenvalue weighted by molar-refractivity contribution is 0.0298. The molecule has 0 bridgehead atoms. The van der Waals surface area contributed by atoms with Gasteiger partial charge < -0.3 is 9.47 Å². The molecule has 1 rings (SSSR count). The molecule has 0 aliphatic rings. The first kappa shape index (κ1) is 14.6. The van der Waals surface area contributed by atoms with Crippen molar-refractivity contribution in [3.05, 3.63) is 35.4 Å². The zero-order valence-corrected chi connectivity index (χ0v) is 11.6. The van der Waals surface area contributed by atoms with Crippen molar-refractivity contribution >= 4 is 6.16 Å². The molecule has 0 aliphatic carbocycles. The highest BCUT2D eigenvalue weighted by molar-refractivity contribution is 5.60. The summed E-state index contributed by atoms with van der Waals surface area (Å²) in [6, 6.07) is 8.12. The van der Waals surface area contributed by atoms with Crippen LogP contribution < -0.4 is 0 Å². The molecule has 1 aromatic rings. The highest BCUT2D eigenvalue weighted by Gasteiger charge is 2.06. The van der Waals surface area contributed by atoms with E-state index in [-0.39, 0.29) is 12.7 Å². The fourth-order valence-electron chi connectivity index (χ4n) is 1.61. The second-order valence-electron chi connectivity index (χ2n) is 5.12. The summed E-state index contributed by atoms with van der Waals surface area (Å²) >= 11 is 0. The third kappa shape index (κ3) is 5.71. The van der Waals surface area contributed by atoms with Crippen LogP contribution in [0.2, 0.25) is 0 Å². The van der Waals surface area contributed by atoms with Gasteiger partial charge in [0.05, 0.1) is 6.10 Å². The fourth-order valence-corrected chi connectivity index (χ4v) is 1.61. The van der Waals surface area contributed by atoms with Crippen LogP contribution in [0.25, 0.3) is 0 Å². The van der Waals surface area contributed by atoms with Crippen molar-refractivity contribution in [3.8, 4) is 0 Å². The number of carbonyl (C=O) groups is 1. The Morgan fingerprint density at radius 1 is 1.06 bits per heavy atom. The first-order chi connectivity index (χ1) is 8.47. The summed E-state index contributed by atoms with van der Waals surface area (Å²) < 4.78 is 9.89. The topological polar surface area (TPSA) is 35.5 Å². The molecular formula is C15H22O3. The van der Waals surface area contributed by atoms with Crippen molar-refractivity contribution in [3.63, 3.8) is 0 Å². The predicted octanol–water partition coefficient (Wildman–Crippen LogP) is 3.95. The smallest absolute Gasteiger partial charge is 0.432 e. The molecule has 18 heavy (non-hydrogen) atoms. The fraction of sp³-hybridized carbons (Fsp3) is 0.533. The molecule has 1 aromatic carbocycles. The summed E-state index contributed by atoms with van der Waals surface area (Å²) in [6.45, 7) is 8.23. The summed E-state index contributed by atoms with van der Waals surface area (Å²) in [5.41, 5.74) is 2.28. The molecule has 0 saturated carbocycles. The first-order valence-electron chi connectivity index (χ1n) is 6.38. The van der Waals surface area contributed by atoms with Gasteiger partial charge in [-0.25, -0.2) is 4.79 Å². The van der Waals surface area contributed by atoms with Gasteiger partial charge in [0.1, 0.15) is 6.61 Å². The Balaban J connectivity index is 2.41. The summed E-state index contributed by atoms with van der Waals surface area (Å²) in [5, 5.41) is 0. The maximum atomic E-state index is 11.2. The van der Waals surface area contributed by atoms with E-state index < -0.39 is 6.16 Å². The van der Waals surface area contributed by atoms with Crippen molar-refractivity contribution in [2.24, 2.45) is 5.92 Å². The van der Waals surface area contributed by atoms with Crippen LogP contribution in [0.4, 0.5) is 4.79 Å². The number of hydrogen-bond acceptors (Lipinski definition) is 3. The third-order valence-corrected chi connectivity index (χ3v) is 2.36. The second kappa shape index (κ2) is 7.04. The normalized spacial score (nSPS) is 10.8. The van der Waals surface area contributed by atoms with Gasteiger partial charge in [0.2, 0.25) is 0 Å². The lowest BCUT2D eigenvalue weighted by Gasteiger charge is -2.09. The third-order valence-electron chi connectivity index (χ3n) is 2.36. The Morgan fingerprint density at radius 2 is 1.61 bits per heavy atom. The van der Waals surface area contributed by atoms with Gasteiger partial charge in [-0.3, -0.25) is 0 Å². The average molecular weight is 250 g/mol. The molecule has 0 aromatic heterocycles. The maximum absolute atomic E-state index is 11.2. The molecule has 0 N–H and O–H groups in total. The lowest BCUT2D eigenvalue weighted by atomic mass is 10.0. The summed E-state index contributed by atoms with van der Waals surface area (Å²) in [7, 11) is 0. The predicted molar refractivity (Wildman–Crippen MR) is 71.4 cm³/mol. The standard InChI is InChI=1S/C15H22O3/c1-11(2)9-13-5-7-14(8-6-13)10-17-15(16)18-12(3)4/h5-8,11-12H,9-10H2,1-4H3. The number of ether oxygens (including phenoxy) is 2. The van der Waals surface area contributed by atoms with Crippen molar-refractivity contribution in [2.75, 3.05) is 0 Å². The van der Waals surface area contributed by atoms with Crippen LogP contribution in [-0.4, -0.2) is 12.3 Å². The highest BCUT2D eigenvalue weighted by atomic mass is 16.7. The summed E-state index contributed by atoms with van der Waals surface area (Å²) in [4.78, 5) is 11.2. The lowest BCUT2D eigenvalue weighted by Crippen LogP contribution is -2.12. The minimum absolute atomic E-state index is 0.147. The van der Waals surface area contributed by atoms with Gasteiger partial charge in [-0.2, -0.15) is 0 Å². The van der Waals surface area contributed by atoms with Gasteiger partial charge >= 0.3 is 6.16 Å². The van der Waals surface area contributed by atoms with Gasteiger partial charge in [-0.1, -0.05) is 38.1 Å². The van der Waals surface area contributed by atoms with Crippen LogP contribution in [0.15, 0.2) is 24.3 Å². The Kier molecular flexibility index (Phi) is 5.69. The summed E-state index contributed by atoms with van der Waals surface area (Å²) in [6.07, 6.45) is 0.304. The molecule has 0 spiro atoms. The van der Waals surface area contributed by atoms with Crippen LogP contribution in [0.5, 0.6) is 0 Å². The van der Waals surface area contributed by atoms with E-state index in [1.54, 1.807) is 13.8 Å². The SMILES string of the molecule is CC(C)Cc1ccc(COC(=O)OC(C)C)cc1. The van der Waals surface area contributed by atoms with Crippen LogP contribution in [0.1, 0.15) is 38.8 Å². The van der Waals surface area contributed by atoms with E-state index >= 15 is 0 Å². The largest absolute Gasteiger partial charge is 0.508 e. The zero-order valence-electron chi connectivity index (χ0n) is 11.6. The molecule has 0 radical (unpaired) electrons. The highest BCUT2D eigenvalue weighted by Crippen LogP contribution is 2.10. The Bertz CT molecular complexity index is 366. The van der Waals surface area contributed by atoms with E-state index in [4.69, 9.17) is 9.47 Å². The number of benzene rings is 1. The molecule has 0 atom stereocenters. The molecule has 0 saturated heterocycles. The van der Waals surface area contributed by atoms with Gasteiger partial charge in [0.15, 0.2) is 0 Å². The summed E-state index contributed by atoms with van der Waals surface area (Å²) in [5.74, 6) is 0.646. The molecule has 0 fully saturated rings. The number of carbonyl (C=O) groups excluding carboxylic acids is 1. The Hall–Kier alpha value is -1.51. The molecule has 0 heterocycles. The maximum Gasteiger partial charge on any atom is 0.508 e. The van der Waals surface area contributed by atoms with Crippen LogP contribution in [-0.2, 0) is 22.5 Å². The van der Waals surface area contributed by atoms with Gasteiger partial charge in [-0.05, 0) is 37.3 Å². The second-order valence-corrected chi connectivity index (χ2v) is 5.12. The van der Waals surface area contributed by atoms with Gasteiger partial charge in [0, 0.05) is 0 Å². The molecular weight excluding hydrogens is 228 g/mol. The average Bonchev–Trinajstić information content (AvgIpc) is 2.26. The van der Waals surface area contributed by atoms with Crippen molar-refractivity contribution < 1.29 is 14.3 Å². The monoisotopic (exact) mass is 250 g/mol. The van der Waals surface area contributed by atoms with Crippen molar-refractivity contribution in [1.29, 1.82) is 0 Å². The quantitative estimate of drug-likeness (QED) is 0.742. The molecule has 0 amide bonds. The molecule has 0 unspecified atom stereocenters. The van der Waals surface area contributed by atoms with Gasteiger partial charge in [0.25, 0.3) is 0 Å². The van der Waals surface area contributed by atoms with E-state index in [1.807, 2.05) is 12.1 Å². The van der Waals surface area contributed by atoms with E-state index in [2.05, 4.69) is 26.0 Å².